The normalized spacial score (nSPS) is 27.8. The maximum atomic E-state index is 13.2. The van der Waals surface area contributed by atoms with E-state index >= 15 is 0 Å². The highest BCUT2D eigenvalue weighted by Gasteiger charge is 2.56. The molecule has 2 saturated heterocycles. The molecular weight excluding hydrogens is 352 g/mol. The second-order valence-electron chi connectivity index (χ2n) is 8.39. The van der Waals surface area contributed by atoms with Gasteiger partial charge in [0.15, 0.2) is 0 Å². The average Bonchev–Trinajstić information content (AvgIpc) is 3.38. The van der Waals surface area contributed by atoms with Crippen LogP contribution in [0.1, 0.15) is 56.2 Å². The number of nitrogens with zero attached hydrogens (tertiary/aromatic N) is 4. The van der Waals surface area contributed by atoms with Crippen LogP contribution in [0.3, 0.4) is 0 Å². The predicted octanol–water partition coefficient (Wildman–Crippen LogP) is 3.59. The number of hydrogen-bond donors (Lipinski definition) is 0. The van der Waals surface area contributed by atoms with Crippen LogP contribution in [0.2, 0.25) is 0 Å². The van der Waals surface area contributed by atoms with Crippen LogP contribution in [-0.2, 0) is 11.3 Å². The third kappa shape index (κ3) is 2.74. The minimum Gasteiger partial charge on any atom is -0.309 e. The Balaban J connectivity index is 1.34. The molecule has 0 spiro atoms. The molecular formula is C22H26N4O2. The van der Waals surface area contributed by atoms with Gasteiger partial charge in [0, 0.05) is 17.8 Å². The van der Waals surface area contributed by atoms with Gasteiger partial charge < -0.3 is 4.90 Å². The lowest BCUT2D eigenvalue weighted by Gasteiger charge is -2.31. The molecule has 0 bridgehead atoms. The van der Waals surface area contributed by atoms with Gasteiger partial charge in [-0.2, -0.15) is 5.10 Å². The van der Waals surface area contributed by atoms with Crippen molar-refractivity contribution in [3.63, 3.8) is 0 Å². The third-order valence-corrected chi connectivity index (χ3v) is 6.75. The number of amides is 3. The summed E-state index contributed by atoms with van der Waals surface area (Å²) in [4.78, 5) is 29.6. The average molecular weight is 378 g/mol. The zero-order chi connectivity index (χ0) is 19.3. The lowest BCUT2D eigenvalue weighted by Crippen LogP contribution is -2.41. The molecule has 3 aliphatic rings. The van der Waals surface area contributed by atoms with E-state index in [4.69, 9.17) is 0 Å². The summed E-state index contributed by atoms with van der Waals surface area (Å²) in [5.41, 5.74) is 2.07. The van der Waals surface area contributed by atoms with Crippen molar-refractivity contribution in [2.24, 2.45) is 5.92 Å². The van der Waals surface area contributed by atoms with Gasteiger partial charge in [-0.25, -0.2) is 4.79 Å². The van der Waals surface area contributed by atoms with Gasteiger partial charge in [0.25, 0.3) is 5.91 Å². The Morgan fingerprint density at radius 1 is 1.14 bits per heavy atom. The third-order valence-electron chi connectivity index (χ3n) is 6.75. The molecule has 28 heavy (non-hydrogen) atoms. The van der Waals surface area contributed by atoms with Gasteiger partial charge in [-0.1, -0.05) is 43.2 Å². The highest BCUT2D eigenvalue weighted by Crippen LogP contribution is 2.45. The van der Waals surface area contributed by atoms with Gasteiger partial charge >= 0.3 is 6.03 Å². The minimum atomic E-state index is -0.294. The second kappa shape index (κ2) is 6.76. The quantitative estimate of drug-likeness (QED) is 0.764. The van der Waals surface area contributed by atoms with Crippen molar-refractivity contribution in [3.8, 4) is 0 Å². The number of urea groups is 1. The summed E-state index contributed by atoms with van der Waals surface area (Å²) >= 11 is 0. The molecule has 2 aliphatic heterocycles. The van der Waals surface area contributed by atoms with Crippen molar-refractivity contribution in [1.82, 2.24) is 19.6 Å². The predicted molar refractivity (Wildman–Crippen MR) is 104 cm³/mol. The van der Waals surface area contributed by atoms with Crippen LogP contribution in [0.4, 0.5) is 4.79 Å². The second-order valence-corrected chi connectivity index (χ2v) is 8.39. The molecule has 6 nitrogen and oxygen atoms in total. The number of fused-ring (bicyclic) bond motifs is 3. The van der Waals surface area contributed by atoms with E-state index in [1.54, 1.807) is 6.20 Å². The molecule has 0 N–H and O–H groups in total. The number of hydrogen-bond acceptors (Lipinski definition) is 3. The highest BCUT2D eigenvalue weighted by atomic mass is 16.2. The van der Waals surface area contributed by atoms with Crippen LogP contribution < -0.4 is 0 Å². The van der Waals surface area contributed by atoms with Crippen molar-refractivity contribution in [1.29, 1.82) is 0 Å². The first-order chi connectivity index (χ1) is 13.6. The van der Waals surface area contributed by atoms with Crippen LogP contribution in [0.25, 0.3) is 0 Å². The SMILES string of the molecule is CC(c1cnn(Cc2ccccc2)c1)N1C(=O)C2CC3CCCCC3N2C1=O. The summed E-state index contributed by atoms with van der Waals surface area (Å²) in [5, 5.41) is 4.45. The molecule has 3 fully saturated rings. The van der Waals surface area contributed by atoms with Gasteiger partial charge in [0.1, 0.15) is 6.04 Å². The standard InChI is InChI=1S/C22H26N4O2/c1-15(18-12-23-24(14-18)13-16-7-3-2-4-8-16)25-21(27)20-11-17-9-5-6-10-19(17)26(20)22(25)28/h2-4,7-8,12,14-15,17,19-20H,5-6,9-11,13H2,1H3. The molecule has 146 valence electrons. The Bertz CT molecular complexity index is 893. The number of imide groups is 1. The first kappa shape index (κ1) is 17.5. The maximum Gasteiger partial charge on any atom is 0.328 e. The molecule has 4 unspecified atom stereocenters. The fraction of sp³-hybridized carbons (Fsp3) is 0.500. The molecule has 4 atom stereocenters. The van der Waals surface area contributed by atoms with Crippen molar-refractivity contribution >= 4 is 11.9 Å². The monoisotopic (exact) mass is 378 g/mol. The van der Waals surface area contributed by atoms with Crippen molar-refractivity contribution < 1.29 is 9.59 Å². The number of benzene rings is 1. The van der Waals surface area contributed by atoms with E-state index in [1.165, 1.54) is 16.9 Å². The lowest BCUT2D eigenvalue weighted by molar-refractivity contribution is -0.129. The zero-order valence-corrected chi connectivity index (χ0v) is 16.2. The molecule has 1 saturated carbocycles. The van der Waals surface area contributed by atoms with Crippen LogP contribution in [0.15, 0.2) is 42.7 Å². The molecule has 1 aliphatic carbocycles. The Morgan fingerprint density at radius 2 is 1.93 bits per heavy atom. The van der Waals surface area contributed by atoms with Gasteiger partial charge in [-0.05, 0) is 37.7 Å². The Kier molecular flexibility index (Phi) is 4.22. The van der Waals surface area contributed by atoms with Crippen LogP contribution in [0.5, 0.6) is 0 Å². The summed E-state index contributed by atoms with van der Waals surface area (Å²) in [5.74, 6) is 0.487. The summed E-state index contributed by atoms with van der Waals surface area (Å²) in [6.07, 6.45) is 9.15. The van der Waals surface area contributed by atoms with Crippen molar-refractivity contribution in [3.05, 3.63) is 53.9 Å². The van der Waals surface area contributed by atoms with E-state index in [0.717, 1.165) is 31.2 Å². The molecule has 3 heterocycles. The summed E-state index contributed by atoms with van der Waals surface area (Å²) in [6.45, 7) is 2.61. The zero-order valence-electron chi connectivity index (χ0n) is 16.2. The van der Waals surface area contributed by atoms with E-state index in [9.17, 15) is 9.59 Å². The van der Waals surface area contributed by atoms with E-state index < -0.39 is 0 Å². The summed E-state index contributed by atoms with van der Waals surface area (Å²) in [7, 11) is 0. The Morgan fingerprint density at radius 3 is 2.75 bits per heavy atom. The van der Waals surface area contributed by atoms with E-state index in [1.807, 2.05) is 40.9 Å². The van der Waals surface area contributed by atoms with Crippen LogP contribution >= 0.6 is 0 Å². The van der Waals surface area contributed by atoms with Crippen molar-refractivity contribution in [2.45, 2.75) is 63.7 Å². The van der Waals surface area contributed by atoms with Crippen molar-refractivity contribution in [2.75, 3.05) is 0 Å². The molecule has 1 aromatic heterocycles. The van der Waals surface area contributed by atoms with Gasteiger partial charge in [0.05, 0.1) is 18.8 Å². The Labute approximate surface area is 165 Å². The number of carbonyl (C=O) groups is 2. The molecule has 3 amide bonds. The number of carbonyl (C=O) groups excluding carboxylic acids is 2. The molecule has 6 heteroatoms. The fourth-order valence-electron chi connectivity index (χ4n) is 5.29. The van der Waals surface area contributed by atoms with E-state index in [-0.39, 0.29) is 30.1 Å². The molecule has 1 aromatic carbocycles. The van der Waals surface area contributed by atoms with E-state index in [2.05, 4.69) is 17.2 Å². The van der Waals surface area contributed by atoms with E-state index in [0.29, 0.717) is 12.5 Å². The highest BCUT2D eigenvalue weighted by molar-refractivity contribution is 6.05. The first-order valence-corrected chi connectivity index (χ1v) is 10.3. The first-order valence-electron chi connectivity index (χ1n) is 10.3. The van der Waals surface area contributed by atoms with Crippen LogP contribution in [-0.4, -0.2) is 43.6 Å². The maximum absolute atomic E-state index is 13.2. The molecule has 0 radical (unpaired) electrons. The molecule has 2 aromatic rings. The Hall–Kier alpha value is -2.63. The summed E-state index contributed by atoms with van der Waals surface area (Å²) < 4.78 is 1.87. The smallest absolute Gasteiger partial charge is 0.309 e. The largest absolute Gasteiger partial charge is 0.328 e. The summed E-state index contributed by atoms with van der Waals surface area (Å²) in [6, 6.07) is 9.75. The van der Waals surface area contributed by atoms with Gasteiger partial charge in [-0.3, -0.25) is 14.4 Å². The van der Waals surface area contributed by atoms with Gasteiger partial charge in [0.2, 0.25) is 0 Å². The number of aromatic nitrogens is 2. The lowest BCUT2D eigenvalue weighted by atomic mass is 9.84. The molecule has 5 rings (SSSR count). The minimum absolute atomic E-state index is 0.0253. The number of rotatable bonds is 4. The van der Waals surface area contributed by atoms with Crippen LogP contribution in [0, 0.1) is 5.92 Å². The fourth-order valence-corrected chi connectivity index (χ4v) is 5.29. The topological polar surface area (TPSA) is 58.4 Å². The van der Waals surface area contributed by atoms with Gasteiger partial charge in [-0.15, -0.1) is 0 Å².